The van der Waals surface area contributed by atoms with E-state index >= 15 is 0 Å². The molecule has 0 amide bonds. The van der Waals surface area contributed by atoms with Gasteiger partial charge in [0, 0.05) is 32.6 Å². The monoisotopic (exact) mass is 476 g/mol. The zero-order valence-electron chi connectivity index (χ0n) is 21.2. The van der Waals surface area contributed by atoms with Crippen molar-refractivity contribution in [1.29, 1.82) is 0 Å². The number of carbonyl (C=O) groups is 3. The molecule has 3 fully saturated rings. The number of ether oxygens (including phenoxy) is 3. The van der Waals surface area contributed by atoms with Gasteiger partial charge >= 0.3 is 17.9 Å². The minimum absolute atomic E-state index is 0.0235. The highest BCUT2D eigenvalue weighted by atomic mass is 16.6. The van der Waals surface area contributed by atoms with Crippen LogP contribution in [0.1, 0.15) is 86.0 Å². The van der Waals surface area contributed by atoms with Gasteiger partial charge in [-0.15, -0.1) is 0 Å². The largest absolute Gasteiger partial charge is 0.462 e. The van der Waals surface area contributed by atoms with Crippen LogP contribution >= 0.6 is 0 Å². The first kappa shape index (κ1) is 25.2. The van der Waals surface area contributed by atoms with Crippen LogP contribution in [-0.2, 0) is 28.6 Å². The van der Waals surface area contributed by atoms with Crippen LogP contribution in [0.5, 0.6) is 0 Å². The molecule has 7 nitrogen and oxygen atoms in total. The minimum Gasteiger partial charge on any atom is -0.462 e. The molecular formula is C27H40O7. The summed E-state index contributed by atoms with van der Waals surface area (Å²) in [7, 11) is 0. The molecule has 4 rings (SSSR count). The van der Waals surface area contributed by atoms with Gasteiger partial charge < -0.3 is 19.3 Å². The molecule has 4 aliphatic rings. The van der Waals surface area contributed by atoms with Gasteiger partial charge in [-0.1, -0.05) is 25.5 Å². The molecular weight excluding hydrogens is 436 g/mol. The molecule has 7 heteroatoms. The fourth-order valence-electron chi connectivity index (χ4n) is 8.21. The van der Waals surface area contributed by atoms with Crippen LogP contribution in [0.15, 0.2) is 11.6 Å². The SMILES string of the molecule is CC(=O)OC[C@@H](OC(C)=O)C1(O)CCC2C3CC=C4CC(OC(C)=O)CCC4(C)C3CCC21C. The maximum atomic E-state index is 12.0. The lowest BCUT2D eigenvalue weighted by atomic mass is 9.46. The Morgan fingerprint density at radius 3 is 2.35 bits per heavy atom. The lowest BCUT2D eigenvalue weighted by Gasteiger charge is -2.59. The Hall–Kier alpha value is -1.89. The maximum Gasteiger partial charge on any atom is 0.303 e. The molecule has 1 N–H and O–H groups in total. The van der Waals surface area contributed by atoms with Crippen molar-refractivity contribution in [1.82, 2.24) is 0 Å². The summed E-state index contributed by atoms with van der Waals surface area (Å²) in [5.74, 6) is 0.121. The molecule has 0 saturated heterocycles. The number of fused-ring (bicyclic) bond motifs is 5. The van der Waals surface area contributed by atoms with Crippen LogP contribution in [0.3, 0.4) is 0 Å². The predicted octanol–water partition coefficient (Wildman–Crippen LogP) is 4.11. The van der Waals surface area contributed by atoms with E-state index in [0.717, 1.165) is 44.9 Å². The van der Waals surface area contributed by atoms with E-state index in [2.05, 4.69) is 19.9 Å². The Kier molecular flexibility index (Phi) is 6.64. The van der Waals surface area contributed by atoms with Gasteiger partial charge in [-0.05, 0) is 68.1 Å². The van der Waals surface area contributed by atoms with E-state index in [1.165, 1.54) is 26.3 Å². The molecule has 8 atom stereocenters. The van der Waals surface area contributed by atoms with Crippen LogP contribution in [0.4, 0.5) is 0 Å². The van der Waals surface area contributed by atoms with Crippen LogP contribution in [-0.4, -0.2) is 47.4 Å². The molecule has 0 aromatic rings. The first-order valence-electron chi connectivity index (χ1n) is 12.8. The Morgan fingerprint density at radius 1 is 1.00 bits per heavy atom. The van der Waals surface area contributed by atoms with Crippen molar-refractivity contribution in [3.63, 3.8) is 0 Å². The van der Waals surface area contributed by atoms with E-state index in [0.29, 0.717) is 24.2 Å². The van der Waals surface area contributed by atoms with E-state index < -0.39 is 29.1 Å². The normalized spacial score (nSPS) is 41.8. The molecule has 0 spiro atoms. The maximum absolute atomic E-state index is 12.0. The van der Waals surface area contributed by atoms with Gasteiger partial charge in [-0.25, -0.2) is 0 Å². The number of rotatable bonds is 5. The lowest BCUT2D eigenvalue weighted by Crippen LogP contribution is -2.60. The summed E-state index contributed by atoms with van der Waals surface area (Å²) >= 11 is 0. The van der Waals surface area contributed by atoms with Gasteiger partial charge in [0.2, 0.25) is 0 Å². The zero-order valence-corrected chi connectivity index (χ0v) is 21.2. The first-order chi connectivity index (χ1) is 15.9. The Balaban J connectivity index is 1.58. The number of esters is 3. The van der Waals surface area contributed by atoms with E-state index in [1.54, 1.807) is 0 Å². The molecule has 0 bridgehead atoms. The number of aliphatic hydroxyl groups is 1. The van der Waals surface area contributed by atoms with Crippen LogP contribution in [0.2, 0.25) is 0 Å². The standard InChI is InChI=1S/C27H40O7/c1-16(28)32-15-24(34-18(3)30)27(31)13-10-23-21-7-6-19-14-20(33-17(2)29)8-11-25(19,4)22(21)9-12-26(23,27)5/h6,20-24,31H,7-15H2,1-5H3/t20?,21?,22?,23?,24-,25?,26?,27?/m1/s1. The third-order valence-corrected chi connectivity index (χ3v) is 9.89. The first-order valence-corrected chi connectivity index (χ1v) is 12.8. The number of carbonyl (C=O) groups excluding carboxylic acids is 3. The quantitative estimate of drug-likeness (QED) is 0.362. The summed E-state index contributed by atoms with van der Waals surface area (Å²) in [6.07, 6.45) is 8.38. The smallest absolute Gasteiger partial charge is 0.303 e. The van der Waals surface area contributed by atoms with Crippen LogP contribution < -0.4 is 0 Å². The van der Waals surface area contributed by atoms with E-state index in [9.17, 15) is 19.5 Å². The minimum atomic E-state index is -1.23. The average Bonchev–Trinajstić information content (AvgIpc) is 3.02. The number of hydrogen-bond acceptors (Lipinski definition) is 7. The number of allylic oxidation sites excluding steroid dienone is 1. The second-order valence-corrected chi connectivity index (χ2v) is 11.6. The highest BCUT2D eigenvalue weighted by Gasteiger charge is 2.66. The second kappa shape index (κ2) is 8.96. The highest BCUT2D eigenvalue weighted by Crippen LogP contribution is 2.67. The summed E-state index contributed by atoms with van der Waals surface area (Å²) in [5.41, 5.74) is -0.141. The van der Waals surface area contributed by atoms with E-state index in [1.807, 2.05) is 0 Å². The van der Waals surface area contributed by atoms with Gasteiger partial charge in [-0.2, -0.15) is 0 Å². The van der Waals surface area contributed by atoms with Crippen LogP contribution in [0.25, 0.3) is 0 Å². The van der Waals surface area contributed by atoms with Crippen molar-refractivity contribution in [2.24, 2.45) is 28.6 Å². The third-order valence-electron chi connectivity index (χ3n) is 9.89. The van der Waals surface area contributed by atoms with Crippen LogP contribution in [0, 0.1) is 28.6 Å². The molecule has 0 aromatic heterocycles. The molecule has 0 aromatic carbocycles. The average molecular weight is 477 g/mol. The van der Waals surface area contributed by atoms with Crippen molar-refractivity contribution in [3.8, 4) is 0 Å². The number of hydrogen-bond donors (Lipinski definition) is 1. The molecule has 4 aliphatic carbocycles. The summed E-state index contributed by atoms with van der Waals surface area (Å²) in [4.78, 5) is 34.8. The fourth-order valence-corrected chi connectivity index (χ4v) is 8.21. The molecule has 7 unspecified atom stereocenters. The summed E-state index contributed by atoms with van der Waals surface area (Å²) in [5, 5.41) is 12.0. The highest BCUT2D eigenvalue weighted by molar-refractivity contribution is 5.67. The van der Waals surface area contributed by atoms with Crippen molar-refractivity contribution < 1.29 is 33.7 Å². The Morgan fingerprint density at radius 2 is 1.71 bits per heavy atom. The Labute approximate surface area is 202 Å². The van der Waals surface area contributed by atoms with E-state index in [-0.39, 0.29) is 24.1 Å². The second-order valence-electron chi connectivity index (χ2n) is 11.6. The van der Waals surface area contributed by atoms with Gasteiger partial charge in [0.25, 0.3) is 0 Å². The van der Waals surface area contributed by atoms with Crippen molar-refractivity contribution >= 4 is 17.9 Å². The fraction of sp³-hybridized carbons (Fsp3) is 0.815. The molecule has 0 radical (unpaired) electrons. The van der Waals surface area contributed by atoms with Crippen molar-refractivity contribution in [2.75, 3.05) is 6.61 Å². The van der Waals surface area contributed by atoms with E-state index in [4.69, 9.17) is 14.2 Å². The predicted molar refractivity (Wildman–Crippen MR) is 124 cm³/mol. The third kappa shape index (κ3) is 4.08. The summed E-state index contributed by atoms with van der Waals surface area (Å²) in [6, 6.07) is 0. The molecule has 3 saturated carbocycles. The van der Waals surface area contributed by atoms with Gasteiger partial charge in [0.15, 0.2) is 6.10 Å². The van der Waals surface area contributed by atoms with Gasteiger partial charge in [-0.3, -0.25) is 14.4 Å². The van der Waals surface area contributed by atoms with Gasteiger partial charge in [0.05, 0.1) is 0 Å². The molecule has 0 aliphatic heterocycles. The summed E-state index contributed by atoms with van der Waals surface area (Å²) in [6.45, 7) is 8.53. The zero-order chi connectivity index (χ0) is 24.9. The molecule has 0 heterocycles. The van der Waals surface area contributed by atoms with Gasteiger partial charge in [0.1, 0.15) is 18.3 Å². The Bertz CT molecular complexity index is 880. The summed E-state index contributed by atoms with van der Waals surface area (Å²) < 4.78 is 16.3. The topological polar surface area (TPSA) is 99.1 Å². The van der Waals surface area contributed by atoms with Crippen molar-refractivity contribution in [2.45, 2.75) is 104 Å². The molecule has 190 valence electrons. The lowest BCUT2D eigenvalue weighted by molar-refractivity contribution is -0.206. The molecule has 34 heavy (non-hydrogen) atoms. The van der Waals surface area contributed by atoms with Crippen molar-refractivity contribution in [3.05, 3.63) is 11.6 Å².